The van der Waals surface area contributed by atoms with E-state index in [0.717, 1.165) is 23.5 Å². The molecule has 1 fully saturated rings. The fourth-order valence-electron chi connectivity index (χ4n) is 3.53. The van der Waals surface area contributed by atoms with E-state index in [1.54, 1.807) is 23.1 Å². The summed E-state index contributed by atoms with van der Waals surface area (Å²) < 4.78 is 16.1. The lowest BCUT2D eigenvalue weighted by molar-refractivity contribution is 0.0741. The molecule has 1 saturated heterocycles. The number of nitrogens with zero attached hydrogens (tertiary/aromatic N) is 4. The van der Waals surface area contributed by atoms with Crippen LogP contribution in [-0.2, 0) is 6.54 Å². The second kappa shape index (κ2) is 6.78. The van der Waals surface area contributed by atoms with Crippen LogP contribution in [0.25, 0.3) is 11.0 Å². The first-order chi connectivity index (χ1) is 12.7. The lowest BCUT2D eigenvalue weighted by Crippen LogP contribution is -2.49. The molecule has 1 aliphatic heterocycles. The smallest absolute Gasteiger partial charge is 0.256 e. The number of halogens is 1. The van der Waals surface area contributed by atoms with Gasteiger partial charge in [0.15, 0.2) is 0 Å². The minimum absolute atomic E-state index is 0.141. The third kappa shape index (κ3) is 2.81. The Balaban J connectivity index is 1.52. The zero-order valence-corrected chi connectivity index (χ0v) is 14.7. The van der Waals surface area contributed by atoms with Crippen molar-refractivity contribution in [2.45, 2.75) is 13.5 Å². The minimum atomic E-state index is -0.465. The highest BCUT2D eigenvalue weighted by molar-refractivity contribution is 5.94. The number of amides is 1. The SMILES string of the molecule is CCn1c(N2CCN(C(=O)c3ccccc3F)CC2)nc2ccccc21. The maximum absolute atomic E-state index is 13.9. The van der Waals surface area contributed by atoms with Gasteiger partial charge in [0, 0.05) is 32.7 Å². The molecule has 5 nitrogen and oxygen atoms in total. The lowest BCUT2D eigenvalue weighted by atomic mass is 10.1. The summed E-state index contributed by atoms with van der Waals surface area (Å²) in [6.45, 7) is 5.42. The molecule has 0 aliphatic carbocycles. The number of piperazine rings is 1. The molecule has 6 heteroatoms. The van der Waals surface area contributed by atoms with Gasteiger partial charge in [0.2, 0.25) is 5.95 Å². The zero-order valence-electron chi connectivity index (χ0n) is 14.7. The van der Waals surface area contributed by atoms with Crippen molar-refractivity contribution >= 4 is 22.9 Å². The summed E-state index contributed by atoms with van der Waals surface area (Å²) in [6.07, 6.45) is 0. The molecule has 0 spiro atoms. The molecule has 26 heavy (non-hydrogen) atoms. The average Bonchev–Trinajstić information content (AvgIpc) is 3.06. The highest BCUT2D eigenvalue weighted by Gasteiger charge is 2.26. The molecule has 134 valence electrons. The first kappa shape index (κ1) is 16.6. The second-order valence-electron chi connectivity index (χ2n) is 6.40. The molecule has 1 amide bonds. The van der Waals surface area contributed by atoms with Gasteiger partial charge in [-0.1, -0.05) is 24.3 Å². The lowest BCUT2D eigenvalue weighted by Gasteiger charge is -2.35. The highest BCUT2D eigenvalue weighted by atomic mass is 19.1. The third-order valence-electron chi connectivity index (χ3n) is 4.90. The van der Waals surface area contributed by atoms with Crippen LogP contribution in [0.4, 0.5) is 10.3 Å². The molecular weight excluding hydrogens is 331 g/mol. The number of carbonyl (C=O) groups excluding carboxylic acids is 1. The monoisotopic (exact) mass is 352 g/mol. The number of carbonyl (C=O) groups is 1. The van der Waals surface area contributed by atoms with Gasteiger partial charge in [-0.05, 0) is 31.2 Å². The quantitative estimate of drug-likeness (QED) is 0.727. The van der Waals surface area contributed by atoms with E-state index in [-0.39, 0.29) is 11.5 Å². The maximum atomic E-state index is 13.9. The second-order valence-corrected chi connectivity index (χ2v) is 6.40. The minimum Gasteiger partial charge on any atom is -0.339 e. The number of rotatable bonds is 3. The normalized spacial score (nSPS) is 14.8. The Labute approximate surface area is 151 Å². The summed E-state index contributed by atoms with van der Waals surface area (Å²) >= 11 is 0. The van der Waals surface area contributed by atoms with Crippen LogP contribution in [0.5, 0.6) is 0 Å². The molecule has 0 saturated carbocycles. The van der Waals surface area contributed by atoms with Crippen LogP contribution in [0.15, 0.2) is 48.5 Å². The van der Waals surface area contributed by atoms with Gasteiger partial charge < -0.3 is 14.4 Å². The Morgan fingerprint density at radius 2 is 1.73 bits per heavy atom. The van der Waals surface area contributed by atoms with Crippen LogP contribution >= 0.6 is 0 Å². The molecule has 2 aromatic carbocycles. The molecule has 0 N–H and O–H groups in total. The van der Waals surface area contributed by atoms with E-state index < -0.39 is 5.82 Å². The van der Waals surface area contributed by atoms with Crippen molar-refractivity contribution in [3.05, 3.63) is 59.9 Å². The molecule has 3 aromatic rings. The molecule has 0 unspecified atom stereocenters. The highest BCUT2D eigenvalue weighted by Crippen LogP contribution is 2.24. The first-order valence-corrected chi connectivity index (χ1v) is 8.93. The summed E-state index contributed by atoms with van der Waals surface area (Å²) in [4.78, 5) is 21.3. The van der Waals surface area contributed by atoms with Crippen LogP contribution in [-0.4, -0.2) is 46.5 Å². The fourth-order valence-corrected chi connectivity index (χ4v) is 3.53. The summed E-state index contributed by atoms with van der Waals surface area (Å²) in [7, 11) is 0. The fraction of sp³-hybridized carbons (Fsp3) is 0.300. The third-order valence-corrected chi connectivity index (χ3v) is 4.90. The molecule has 0 radical (unpaired) electrons. The van der Waals surface area contributed by atoms with Gasteiger partial charge in [-0.25, -0.2) is 9.37 Å². The van der Waals surface area contributed by atoms with Crippen molar-refractivity contribution in [2.24, 2.45) is 0 Å². The Kier molecular flexibility index (Phi) is 4.32. The summed E-state index contributed by atoms with van der Waals surface area (Å²) in [5.74, 6) is 0.228. The standard InChI is InChI=1S/C20H21FN4O/c1-2-25-18-10-6-5-9-17(18)22-20(25)24-13-11-23(12-14-24)19(26)15-7-3-4-8-16(15)21/h3-10H,2,11-14H2,1H3. The summed E-state index contributed by atoms with van der Waals surface area (Å²) in [5, 5.41) is 0. The Morgan fingerprint density at radius 1 is 1.04 bits per heavy atom. The van der Waals surface area contributed by atoms with Crippen LogP contribution in [0.1, 0.15) is 17.3 Å². The Bertz CT molecular complexity index is 944. The van der Waals surface area contributed by atoms with Crippen molar-refractivity contribution in [1.82, 2.24) is 14.5 Å². The number of hydrogen-bond donors (Lipinski definition) is 0. The van der Waals surface area contributed by atoms with E-state index in [1.807, 2.05) is 18.2 Å². The number of benzene rings is 2. The number of fused-ring (bicyclic) bond motifs is 1. The van der Waals surface area contributed by atoms with Crippen molar-refractivity contribution in [3.8, 4) is 0 Å². The van der Waals surface area contributed by atoms with Gasteiger partial charge in [0.25, 0.3) is 5.91 Å². The van der Waals surface area contributed by atoms with E-state index in [2.05, 4.69) is 22.5 Å². The number of aryl methyl sites for hydroxylation is 1. The van der Waals surface area contributed by atoms with Crippen molar-refractivity contribution < 1.29 is 9.18 Å². The van der Waals surface area contributed by atoms with Crippen LogP contribution < -0.4 is 4.90 Å². The van der Waals surface area contributed by atoms with Gasteiger partial charge in [-0.2, -0.15) is 0 Å². The summed E-state index contributed by atoms with van der Waals surface area (Å²) in [5.41, 5.74) is 2.24. The molecule has 0 atom stereocenters. The molecule has 4 rings (SSSR count). The van der Waals surface area contributed by atoms with E-state index in [1.165, 1.54) is 6.07 Å². The van der Waals surface area contributed by atoms with Crippen molar-refractivity contribution in [3.63, 3.8) is 0 Å². The maximum Gasteiger partial charge on any atom is 0.256 e. The van der Waals surface area contributed by atoms with Gasteiger partial charge >= 0.3 is 0 Å². The number of aromatic nitrogens is 2. The number of anilines is 1. The number of para-hydroxylation sites is 2. The zero-order chi connectivity index (χ0) is 18.1. The van der Waals surface area contributed by atoms with E-state index in [9.17, 15) is 9.18 Å². The van der Waals surface area contributed by atoms with Gasteiger partial charge in [-0.3, -0.25) is 4.79 Å². The first-order valence-electron chi connectivity index (χ1n) is 8.93. The molecule has 0 bridgehead atoms. The van der Waals surface area contributed by atoms with Crippen LogP contribution in [0.2, 0.25) is 0 Å². The van der Waals surface area contributed by atoms with Crippen LogP contribution in [0, 0.1) is 5.82 Å². The van der Waals surface area contributed by atoms with Crippen molar-refractivity contribution in [2.75, 3.05) is 31.1 Å². The van der Waals surface area contributed by atoms with Crippen LogP contribution in [0.3, 0.4) is 0 Å². The molecule has 2 heterocycles. The number of imidazole rings is 1. The molecule has 1 aliphatic rings. The van der Waals surface area contributed by atoms with E-state index in [4.69, 9.17) is 4.98 Å². The summed E-state index contributed by atoms with van der Waals surface area (Å²) in [6, 6.07) is 14.3. The van der Waals surface area contributed by atoms with Gasteiger partial charge in [0.05, 0.1) is 16.6 Å². The molecule has 1 aromatic heterocycles. The average molecular weight is 352 g/mol. The largest absolute Gasteiger partial charge is 0.339 e. The predicted octanol–water partition coefficient (Wildman–Crippen LogP) is 3.16. The van der Waals surface area contributed by atoms with E-state index >= 15 is 0 Å². The Hall–Kier alpha value is -2.89. The Morgan fingerprint density at radius 3 is 2.46 bits per heavy atom. The number of hydrogen-bond acceptors (Lipinski definition) is 3. The molecular formula is C20H21FN4O. The van der Waals surface area contributed by atoms with Gasteiger partial charge in [-0.15, -0.1) is 0 Å². The van der Waals surface area contributed by atoms with Gasteiger partial charge in [0.1, 0.15) is 5.82 Å². The van der Waals surface area contributed by atoms with E-state index in [0.29, 0.717) is 26.2 Å². The topological polar surface area (TPSA) is 41.4 Å². The predicted molar refractivity (Wildman–Crippen MR) is 99.9 cm³/mol. The van der Waals surface area contributed by atoms with Crippen molar-refractivity contribution in [1.29, 1.82) is 0 Å².